The summed E-state index contributed by atoms with van der Waals surface area (Å²) in [5, 5.41) is 0. The highest BCUT2D eigenvalue weighted by atomic mass is 35.5. The standard InChI is InChI=1S/C14H21ClF3NO/c15-6-4-10-5-7-19(9-10)13(20)11-2-1-3-12(8-11)14(16,17)18/h10-12H,1-9H2. The number of carbonyl (C=O) groups is 1. The zero-order valence-electron chi connectivity index (χ0n) is 11.5. The summed E-state index contributed by atoms with van der Waals surface area (Å²) in [4.78, 5) is 14.1. The van der Waals surface area contributed by atoms with Crippen molar-refractivity contribution in [2.45, 2.75) is 44.7 Å². The fraction of sp³-hybridized carbons (Fsp3) is 0.929. The summed E-state index contributed by atoms with van der Waals surface area (Å²) in [6.45, 7) is 1.34. The fourth-order valence-corrected chi connectivity index (χ4v) is 3.70. The second-order valence-corrected chi connectivity index (χ2v) is 6.40. The van der Waals surface area contributed by atoms with E-state index in [0.29, 0.717) is 37.7 Å². The minimum atomic E-state index is -4.16. The molecule has 1 heterocycles. The van der Waals surface area contributed by atoms with Gasteiger partial charge in [0, 0.05) is 24.9 Å². The lowest BCUT2D eigenvalue weighted by Gasteiger charge is -2.32. The number of alkyl halides is 4. The first-order valence-corrected chi connectivity index (χ1v) is 7.86. The molecule has 1 aliphatic heterocycles. The molecule has 2 nitrogen and oxygen atoms in total. The topological polar surface area (TPSA) is 20.3 Å². The summed E-state index contributed by atoms with van der Waals surface area (Å²) in [6.07, 6.45) is -1.12. The smallest absolute Gasteiger partial charge is 0.342 e. The zero-order valence-corrected chi connectivity index (χ0v) is 12.2. The summed E-state index contributed by atoms with van der Waals surface area (Å²) in [5.41, 5.74) is 0. The number of rotatable bonds is 3. The summed E-state index contributed by atoms with van der Waals surface area (Å²) in [7, 11) is 0. The number of halogens is 4. The minimum Gasteiger partial charge on any atom is -0.342 e. The molecule has 6 heteroatoms. The Kier molecular flexibility index (Phi) is 5.21. The largest absolute Gasteiger partial charge is 0.391 e. The molecule has 1 aliphatic carbocycles. The molecule has 1 saturated carbocycles. The van der Waals surface area contributed by atoms with Crippen LogP contribution >= 0.6 is 11.6 Å². The van der Waals surface area contributed by atoms with E-state index in [1.165, 1.54) is 0 Å². The highest BCUT2D eigenvalue weighted by Gasteiger charge is 2.44. The summed E-state index contributed by atoms with van der Waals surface area (Å²) in [6, 6.07) is 0. The van der Waals surface area contributed by atoms with Gasteiger partial charge in [-0.15, -0.1) is 11.6 Å². The maximum atomic E-state index is 12.8. The Labute approximate surface area is 122 Å². The van der Waals surface area contributed by atoms with E-state index >= 15 is 0 Å². The average molecular weight is 312 g/mol. The molecule has 0 bridgehead atoms. The highest BCUT2D eigenvalue weighted by Crippen LogP contribution is 2.40. The van der Waals surface area contributed by atoms with Gasteiger partial charge in [-0.25, -0.2) is 0 Å². The van der Waals surface area contributed by atoms with E-state index in [9.17, 15) is 18.0 Å². The Bertz CT molecular complexity index is 348. The Hall–Kier alpha value is -0.450. The molecule has 2 aliphatic rings. The van der Waals surface area contributed by atoms with E-state index in [2.05, 4.69) is 0 Å². The van der Waals surface area contributed by atoms with E-state index in [-0.39, 0.29) is 18.7 Å². The molecule has 3 unspecified atom stereocenters. The molecule has 0 aromatic carbocycles. The Balaban J connectivity index is 1.89. The monoisotopic (exact) mass is 311 g/mol. The van der Waals surface area contributed by atoms with Gasteiger partial charge in [0.15, 0.2) is 0 Å². The minimum absolute atomic E-state index is 0.0288. The SMILES string of the molecule is O=C(C1CCCC(C(F)(F)F)C1)N1CCC(CCCl)C1. The van der Waals surface area contributed by atoms with Crippen LogP contribution in [0, 0.1) is 17.8 Å². The highest BCUT2D eigenvalue weighted by molar-refractivity contribution is 6.17. The van der Waals surface area contributed by atoms with Crippen molar-refractivity contribution in [3.05, 3.63) is 0 Å². The van der Waals surface area contributed by atoms with Crippen LogP contribution in [0.4, 0.5) is 13.2 Å². The Morgan fingerprint density at radius 3 is 2.65 bits per heavy atom. The van der Waals surface area contributed by atoms with Crippen LogP contribution in [0.3, 0.4) is 0 Å². The Morgan fingerprint density at radius 2 is 2.00 bits per heavy atom. The lowest BCUT2D eigenvalue weighted by Crippen LogP contribution is -2.39. The average Bonchev–Trinajstić information content (AvgIpc) is 2.86. The van der Waals surface area contributed by atoms with Gasteiger partial charge in [0.2, 0.25) is 5.91 Å². The normalized spacial score (nSPS) is 31.6. The summed E-state index contributed by atoms with van der Waals surface area (Å²) < 4.78 is 38.3. The molecule has 1 saturated heterocycles. The molecule has 0 aromatic heterocycles. The van der Waals surface area contributed by atoms with Crippen LogP contribution in [0.25, 0.3) is 0 Å². The van der Waals surface area contributed by atoms with Crippen molar-refractivity contribution in [1.82, 2.24) is 4.90 Å². The van der Waals surface area contributed by atoms with Crippen LogP contribution in [0.1, 0.15) is 38.5 Å². The van der Waals surface area contributed by atoms with Gasteiger partial charge in [0.05, 0.1) is 5.92 Å². The molecule has 116 valence electrons. The first-order valence-electron chi connectivity index (χ1n) is 7.33. The molecule has 3 atom stereocenters. The second kappa shape index (κ2) is 6.54. The fourth-order valence-electron chi connectivity index (χ4n) is 3.39. The van der Waals surface area contributed by atoms with Gasteiger partial charge >= 0.3 is 6.18 Å². The number of hydrogen-bond donors (Lipinski definition) is 0. The third-order valence-corrected chi connectivity index (χ3v) is 4.82. The van der Waals surface area contributed by atoms with E-state index in [0.717, 1.165) is 12.8 Å². The predicted molar refractivity (Wildman–Crippen MR) is 71.5 cm³/mol. The molecule has 0 spiro atoms. The summed E-state index contributed by atoms with van der Waals surface area (Å²) in [5.74, 6) is -0.822. The molecule has 0 aromatic rings. The second-order valence-electron chi connectivity index (χ2n) is 6.02. The molecule has 20 heavy (non-hydrogen) atoms. The van der Waals surface area contributed by atoms with Crippen LogP contribution in [-0.4, -0.2) is 36.0 Å². The first-order chi connectivity index (χ1) is 9.41. The van der Waals surface area contributed by atoms with Gasteiger partial charge in [-0.05, 0) is 38.0 Å². The number of amides is 1. The predicted octanol–water partition coefficient (Wildman–Crippen LogP) is 3.83. The number of likely N-dealkylation sites (tertiary alicyclic amines) is 1. The zero-order chi connectivity index (χ0) is 14.8. The molecule has 2 rings (SSSR count). The summed E-state index contributed by atoms with van der Waals surface area (Å²) >= 11 is 5.70. The molecule has 0 N–H and O–H groups in total. The van der Waals surface area contributed by atoms with E-state index in [1.54, 1.807) is 4.90 Å². The van der Waals surface area contributed by atoms with Crippen LogP contribution in [0.2, 0.25) is 0 Å². The molecule has 0 radical (unpaired) electrons. The third kappa shape index (κ3) is 3.80. The number of carbonyl (C=O) groups excluding carboxylic acids is 1. The number of nitrogens with zero attached hydrogens (tertiary/aromatic N) is 1. The van der Waals surface area contributed by atoms with Crippen molar-refractivity contribution in [2.75, 3.05) is 19.0 Å². The van der Waals surface area contributed by atoms with Crippen LogP contribution in [0.15, 0.2) is 0 Å². The van der Waals surface area contributed by atoms with Gasteiger partial charge in [0.1, 0.15) is 0 Å². The maximum Gasteiger partial charge on any atom is 0.391 e. The van der Waals surface area contributed by atoms with E-state index < -0.39 is 18.0 Å². The van der Waals surface area contributed by atoms with Crippen molar-refractivity contribution in [3.63, 3.8) is 0 Å². The number of hydrogen-bond acceptors (Lipinski definition) is 1. The molecule has 2 fully saturated rings. The first kappa shape index (κ1) is 15.9. The van der Waals surface area contributed by atoms with Gasteiger partial charge in [-0.3, -0.25) is 4.79 Å². The van der Waals surface area contributed by atoms with Gasteiger partial charge in [-0.1, -0.05) is 6.42 Å². The van der Waals surface area contributed by atoms with E-state index in [4.69, 9.17) is 11.6 Å². The third-order valence-electron chi connectivity index (χ3n) is 4.60. The van der Waals surface area contributed by atoms with Crippen molar-refractivity contribution in [3.8, 4) is 0 Å². The van der Waals surface area contributed by atoms with Crippen molar-refractivity contribution in [1.29, 1.82) is 0 Å². The van der Waals surface area contributed by atoms with E-state index in [1.807, 2.05) is 0 Å². The van der Waals surface area contributed by atoms with Crippen LogP contribution in [0.5, 0.6) is 0 Å². The lowest BCUT2D eigenvalue weighted by atomic mass is 9.80. The lowest BCUT2D eigenvalue weighted by molar-refractivity contribution is -0.187. The maximum absolute atomic E-state index is 12.8. The van der Waals surface area contributed by atoms with Crippen LogP contribution in [-0.2, 0) is 4.79 Å². The van der Waals surface area contributed by atoms with Crippen molar-refractivity contribution in [2.24, 2.45) is 17.8 Å². The molecule has 1 amide bonds. The van der Waals surface area contributed by atoms with Crippen molar-refractivity contribution >= 4 is 17.5 Å². The molecular formula is C14H21ClF3NO. The van der Waals surface area contributed by atoms with Gasteiger partial charge < -0.3 is 4.90 Å². The molecular weight excluding hydrogens is 291 g/mol. The van der Waals surface area contributed by atoms with Gasteiger partial charge in [0.25, 0.3) is 0 Å². The Morgan fingerprint density at radius 1 is 1.25 bits per heavy atom. The van der Waals surface area contributed by atoms with Crippen LogP contribution < -0.4 is 0 Å². The quantitative estimate of drug-likeness (QED) is 0.725. The van der Waals surface area contributed by atoms with Crippen molar-refractivity contribution < 1.29 is 18.0 Å². The van der Waals surface area contributed by atoms with Gasteiger partial charge in [-0.2, -0.15) is 13.2 Å².